The average Bonchev–Trinajstić information content (AvgIpc) is 2.83. The lowest BCUT2D eigenvalue weighted by molar-refractivity contribution is 0.720. The number of hydrogen-bond acceptors (Lipinski definition) is 3. The molecule has 3 rings (SSSR count). The molecule has 2 aromatic rings. The predicted molar refractivity (Wildman–Crippen MR) is 66.3 cm³/mol. The highest BCUT2D eigenvalue weighted by molar-refractivity contribution is 7.18. The smallest absolute Gasteiger partial charge is 0.262 e. The van der Waals surface area contributed by atoms with Crippen molar-refractivity contribution in [1.29, 1.82) is 0 Å². The van der Waals surface area contributed by atoms with Crippen LogP contribution >= 0.6 is 11.3 Å². The topological polar surface area (TPSA) is 34.9 Å². The number of fused-ring (bicyclic) bond motifs is 2. The van der Waals surface area contributed by atoms with Gasteiger partial charge in [0.25, 0.3) is 5.56 Å². The minimum atomic E-state index is 0.153. The molecule has 0 aliphatic carbocycles. The highest BCUT2D eigenvalue weighted by Gasteiger charge is 2.18. The standard InChI is InChI=1S/C12H14N2OS/c1-7(2)9-6-8-11(16-9)13-10-4-3-5-14(10)12(8)15/h6-7H,3-5H2,1-2H3. The summed E-state index contributed by atoms with van der Waals surface area (Å²) in [6.45, 7) is 5.13. The Kier molecular flexibility index (Phi) is 2.14. The van der Waals surface area contributed by atoms with Crippen molar-refractivity contribution in [1.82, 2.24) is 9.55 Å². The first-order chi connectivity index (χ1) is 7.66. The molecule has 0 atom stereocenters. The van der Waals surface area contributed by atoms with E-state index < -0.39 is 0 Å². The molecular formula is C12H14N2OS. The summed E-state index contributed by atoms with van der Waals surface area (Å²) in [7, 11) is 0. The molecule has 84 valence electrons. The van der Waals surface area contributed by atoms with E-state index in [4.69, 9.17) is 0 Å². The summed E-state index contributed by atoms with van der Waals surface area (Å²) in [5.74, 6) is 1.44. The fraction of sp³-hybridized carbons (Fsp3) is 0.500. The maximum atomic E-state index is 12.2. The molecule has 0 N–H and O–H groups in total. The fourth-order valence-electron chi connectivity index (χ4n) is 2.18. The molecular weight excluding hydrogens is 220 g/mol. The maximum absolute atomic E-state index is 12.2. The third kappa shape index (κ3) is 1.33. The van der Waals surface area contributed by atoms with Gasteiger partial charge < -0.3 is 0 Å². The lowest BCUT2D eigenvalue weighted by atomic mass is 10.2. The minimum absolute atomic E-state index is 0.153. The minimum Gasteiger partial charge on any atom is -0.296 e. The van der Waals surface area contributed by atoms with Gasteiger partial charge in [0.2, 0.25) is 0 Å². The zero-order chi connectivity index (χ0) is 11.3. The largest absolute Gasteiger partial charge is 0.296 e. The number of hydrogen-bond donors (Lipinski definition) is 0. The van der Waals surface area contributed by atoms with E-state index in [1.165, 1.54) is 4.88 Å². The molecule has 4 heteroatoms. The summed E-state index contributed by atoms with van der Waals surface area (Å²) in [4.78, 5) is 19.0. The second-order valence-corrected chi connectivity index (χ2v) is 5.67. The van der Waals surface area contributed by atoms with Crippen LogP contribution in [0.3, 0.4) is 0 Å². The molecule has 3 heterocycles. The summed E-state index contributed by atoms with van der Waals surface area (Å²) >= 11 is 1.66. The van der Waals surface area contributed by atoms with Gasteiger partial charge in [-0.25, -0.2) is 4.98 Å². The van der Waals surface area contributed by atoms with Crippen molar-refractivity contribution in [2.45, 2.75) is 39.2 Å². The van der Waals surface area contributed by atoms with Gasteiger partial charge in [-0.15, -0.1) is 11.3 Å². The summed E-state index contributed by atoms with van der Waals surface area (Å²) in [5, 5.41) is 0.805. The first kappa shape index (κ1) is 10.0. The van der Waals surface area contributed by atoms with Gasteiger partial charge in [0.1, 0.15) is 10.7 Å². The Balaban J connectivity index is 2.33. The Bertz CT molecular complexity index is 609. The van der Waals surface area contributed by atoms with Crippen LogP contribution in [0.25, 0.3) is 10.2 Å². The Hall–Kier alpha value is -1.16. The number of rotatable bonds is 1. The van der Waals surface area contributed by atoms with Crippen LogP contribution in [-0.2, 0) is 13.0 Å². The zero-order valence-electron chi connectivity index (χ0n) is 9.49. The van der Waals surface area contributed by atoms with Crippen LogP contribution in [0.1, 0.15) is 36.9 Å². The number of nitrogens with zero attached hydrogens (tertiary/aromatic N) is 2. The second kappa shape index (κ2) is 3.42. The van der Waals surface area contributed by atoms with E-state index in [1.54, 1.807) is 11.3 Å². The lowest BCUT2D eigenvalue weighted by Crippen LogP contribution is -2.19. The first-order valence-corrected chi connectivity index (χ1v) is 6.51. The van der Waals surface area contributed by atoms with Crippen LogP contribution in [0.4, 0.5) is 0 Å². The van der Waals surface area contributed by atoms with Crippen LogP contribution in [0.15, 0.2) is 10.9 Å². The molecule has 0 unspecified atom stereocenters. The van der Waals surface area contributed by atoms with Crippen molar-refractivity contribution in [3.63, 3.8) is 0 Å². The Morgan fingerprint density at radius 2 is 2.31 bits per heavy atom. The van der Waals surface area contributed by atoms with Crippen molar-refractivity contribution < 1.29 is 0 Å². The van der Waals surface area contributed by atoms with Gasteiger partial charge in [-0.2, -0.15) is 0 Å². The number of aryl methyl sites for hydroxylation is 1. The average molecular weight is 234 g/mol. The van der Waals surface area contributed by atoms with E-state index in [9.17, 15) is 4.79 Å². The third-order valence-corrected chi connectivity index (χ3v) is 4.43. The molecule has 0 fully saturated rings. The van der Waals surface area contributed by atoms with E-state index in [-0.39, 0.29) is 5.56 Å². The van der Waals surface area contributed by atoms with Crippen LogP contribution < -0.4 is 5.56 Å². The van der Waals surface area contributed by atoms with Gasteiger partial charge in [0.15, 0.2) is 0 Å². The first-order valence-electron chi connectivity index (χ1n) is 5.70. The lowest BCUT2D eigenvalue weighted by Gasteiger charge is -2.00. The van der Waals surface area contributed by atoms with Gasteiger partial charge in [-0.05, 0) is 18.4 Å². The summed E-state index contributed by atoms with van der Waals surface area (Å²) in [6.07, 6.45) is 2.00. The van der Waals surface area contributed by atoms with Crippen LogP contribution in [-0.4, -0.2) is 9.55 Å². The van der Waals surface area contributed by atoms with Gasteiger partial charge >= 0.3 is 0 Å². The van der Waals surface area contributed by atoms with E-state index in [0.29, 0.717) is 5.92 Å². The molecule has 0 amide bonds. The molecule has 1 aliphatic heterocycles. The van der Waals surface area contributed by atoms with Crippen molar-refractivity contribution in [3.05, 3.63) is 27.1 Å². The Labute approximate surface area is 97.7 Å². The number of thiophene rings is 1. The summed E-state index contributed by atoms with van der Waals surface area (Å²) in [6, 6.07) is 2.02. The predicted octanol–water partition coefficient (Wildman–Crippen LogP) is 2.53. The molecule has 0 radical (unpaired) electrons. The van der Waals surface area contributed by atoms with E-state index in [2.05, 4.69) is 18.8 Å². The summed E-state index contributed by atoms with van der Waals surface area (Å²) < 4.78 is 1.83. The summed E-state index contributed by atoms with van der Waals surface area (Å²) in [5.41, 5.74) is 0.153. The van der Waals surface area contributed by atoms with Crippen molar-refractivity contribution in [2.75, 3.05) is 0 Å². The van der Waals surface area contributed by atoms with Gasteiger partial charge in [0.05, 0.1) is 5.39 Å². The molecule has 16 heavy (non-hydrogen) atoms. The number of aromatic nitrogens is 2. The highest BCUT2D eigenvalue weighted by Crippen LogP contribution is 2.28. The molecule has 1 aliphatic rings. The maximum Gasteiger partial charge on any atom is 0.262 e. The third-order valence-electron chi connectivity index (χ3n) is 3.10. The quantitative estimate of drug-likeness (QED) is 0.760. The van der Waals surface area contributed by atoms with Gasteiger partial charge in [-0.1, -0.05) is 13.8 Å². The fourth-order valence-corrected chi connectivity index (χ4v) is 3.22. The normalized spacial score (nSPS) is 14.9. The molecule has 0 bridgehead atoms. The van der Waals surface area contributed by atoms with Crippen molar-refractivity contribution in [2.24, 2.45) is 0 Å². The molecule has 0 spiro atoms. The van der Waals surface area contributed by atoms with Crippen LogP contribution in [0.2, 0.25) is 0 Å². The monoisotopic (exact) mass is 234 g/mol. The van der Waals surface area contributed by atoms with E-state index in [1.807, 2.05) is 10.6 Å². The Morgan fingerprint density at radius 1 is 1.50 bits per heavy atom. The van der Waals surface area contributed by atoms with Crippen LogP contribution in [0, 0.1) is 0 Å². The van der Waals surface area contributed by atoms with E-state index >= 15 is 0 Å². The highest BCUT2D eigenvalue weighted by atomic mass is 32.1. The molecule has 2 aromatic heterocycles. The molecule has 0 saturated carbocycles. The zero-order valence-corrected chi connectivity index (χ0v) is 10.3. The SMILES string of the molecule is CC(C)c1cc2c(=O)n3c(nc2s1)CCC3. The van der Waals surface area contributed by atoms with Gasteiger partial charge in [0, 0.05) is 17.8 Å². The van der Waals surface area contributed by atoms with Crippen molar-refractivity contribution >= 4 is 21.6 Å². The van der Waals surface area contributed by atoms with Crippen molar-refractivity contribution in [3.8, 4) is 0 Å². The second-order valence-electron chi connectivity index (χ2n) is 4.61. The Morgan fingerprint density at radius 3 is 3.06 bits per heavy atom. The van der Waals surface area contributed by atoms with Gasteiger partial charge in [-0.3, -0.25) is 9.36 Å². The molecule has 3 nitrogen and oxygen atoms in total. The van der Waals surface area contributed by atoms with Crippen LogP contribution in [0.5, 0.6) is 0 Å². The molecule has 0 saturated heterocycles. The van der Waals surface area contributed by atoms with E-state index in [0.717, 1.165) is 35.4 Å². The molecule has 0 aromatic carbocycles.